The van der Waals surface area contributed by atoms with E-state index in [0.29, 0.717) is 12.6 Å². The van der Waals surface area contributed by atoms with Crippen LogP contribution in [0.25, 0.3) is 0 Å². The van der Waals surface area contributed by atoms with Gasteiger partial charge in [-0.05, 0) is 12.3 Å². The van der Waals surface area contributed by atoms with Crippen LogP contribution in [0.2, 0.25) is 0 Å². The molecule has 76 valence electrons. The Morgan fingerprint density at radius 2 is 2.15 bits per heavy atom. The molecule has 13 heavy (non-hydrogen) atoms. The Morgan fingerprint density at radius 1 is 1.38 bits per heavy atom. The van der Waals surface area contributed by atoms with Gasteiger partial charge in [-0.1, -0.05) is 0 Å². The van der Waals surface area contributed by atoms with Gasteiger partial charge in [0.2, 0.25) is 5.92 Å². The van der Waals surface area contributed by atoms with Gasteiger partial charge in [0.25, 0.3) is 0 Å². The molecule has 0 aromatic carbocycles. The Hall–Kier alpha value is -0.220. The molecule has 0 spiro atoms. The summed E-state index contributed by atoms with van der Waals surface area (Å²) in [5.41, 5.74) is 0. The minimum absolute atomic E-state index is 0.0746. The van der Waals surface area contributed by atoms with E-state index in [9.17, 15) is 8.78 Å². The third-order valence-electron chi connectivity index (χ3n) is 2.79. The van der Waals surface area contributed by atoms with E-state index in [1.807, 2.05) is 0 Å². The first kappa shape index (κ1) is 9.34. The molecule has 1 saturated heterocycles. The van der Waals surface area contributed by atoms with E-state index in [0.717, 1.165) is 19.6 Å². The molecular weight excluding hydrogens is 176 g/mol. The second-order valence-corrected chi connectivity index (χ2v) is 4.09. The topological polar surface area (TPSA) is 21.3 Å². The average Bonchev–Trinajstić information content (AvgIpc) is 2.03. The van der Waals surface area contributed by atoms with Gasteiger partial charge >= 0.3 is 0 Å². The zero-order valence-corrected chi connectivity index (χ0v) is 7.56. The van der Waals surface area contributed by atoms with E-state index in [1.165, 1.54) is 0 Å². The molecule has 1 N–H and O–H groups in total. The molecule has 1 heterocycles. The molecule has 4 heteroatoms. The van der Waals surface area contributed by atoms with E-state index >= 15 is 0 Å². The lowest BCUT2D eigenvalue weighted by atomic mass is 9.77. The minimum atomic E-state index is -2.37. The molecule has 1 saturated carbocycles. The maximum atomic E-state index is 12.5. The second kappa shape index (κ2) is 3.50. The minimum Gasteiger partial charge on any atom is -0.379 e. The summed E-state index contributed by atoms with van der Waals surface area (Å²) in [4.78, 5) is 0. The number of ether oxygens (including phenoxy) is 1. The monoisotopic (exact) mass is 191 g/mol. The first-order chi connectivity index (χ1) is 6.16. The summed E-state index contributed by atoms with van der Waals surface area (Å²) in [6.07, 6.45) is 0.992. The van der Waals surface area contributed by atoms with Crippen LogP contribution in [0.1, 0.15) is 19.3 Å². The van der Waals surface area contributed by atoms with Crippen LogP contribution in [0, 0.1) is 5.92 Å². The molecule has 0 aromatic rings. The van der Waals surface area contributed by atoms with Crippen molar-refractivity contribution >= 4 is 0 Å². The normalized spacial score (nSPS) is 34.2. The molecule has 2 rings (SSSR count). The number of rotatable bonds is 2. The summed E-state index contributed by atoms with van der Waals surface area (Å²) in [6, 6.07) is 0.301. The van der Waals surface area contributed by atoms with Crippen molar-refractivity contribution in [2.45, 2.75) is 31.2 Å². The molecule has 1 unspecified atom stereocenters. The lowest BCUT2D eigenvalue weighted by Gasteiger charge is -2.38. The molecular formula is C9H15F2NO. The molecule has 1 atom stereocenters. The van der Waals surface area contributed by atoms with Crippen molar-refractivity contribution in [1.82, 2.24) is 5.32 Å². The van der Waals surface area contributed by atoms with Gasteiger partial charge in [0, 0.05) is 25.4 Å². The first-order valence-corrected chi connectivity index (χ1v) is 4.85. The van der Waals surface area contributed by atoms with Crippen LogP contribution in [-0.4, -0.2) is 31.7 Å². The largest absolute Gasteiger partial charge is 0.379 e. The Morgan fingerprint density at radius 3 is 2.69 bits per heavy atom. The van der Waals surface area contributed by atoms with E-state index in [1.54, 1.807) is 0 Å². The van der Waals surface area contributed by atoms with Crippen molar-refractivity contribution in [2.75, 3.05) is 19.8 Å². The highest BCUT2D eigenvalue weighted by molar-refractivity contribution is 4.89. The first-order valence-electron chi connectivity index (χ1n) is 4.85. The van der Waals surface area contributed by atoms with Gasteiger partial charge in [0.1, 0.15) is 0 Å². The summed E-state index contributed by atoms with van der Waals surface area (Å²) in [7, 11) is 0. The maximum absolute atomic E-state index is 12.5. The molecule has 2 fully saturated rings. The SMILES string of the molecule is FC1(F)CC(CC2COCCN2)C1. The summed E-state index contributed by atoms with van der Waals surface area (Å²) < 4.78 is 30.2. The van der Waals surface area contributed by atoms with Crippen LogP contribution in [0.15, 0.2) is 0 Å². The van der Waals surface area contributed by atoms with E-state index < -0.39 is 5.92 Å². The molecule has 0 bridgehead atoms. The molecule has 0 aromatic heterocycles. The van der Waals surface area contributed by atoms with Crippen LogP contribution in [0.4, 0.5) is 8.78 Å². The van der Waals surface area contributed by atoms with Crippen molar-refractivity contribution in [1.29, 1.82) is 0 Å². The van der Waals surface area contributed by atoms with Crippen LogP contribution in [0.5, 0.6) is 0 Å². The quantitative estimate of drug-likeness (QED) is 0.712. The maximum Gasteiger partial charge on any atom is 0.248 e. The highest BCUT2D eigenvalue weighted by Crippen LogP contribution is 2.44. The van der Waals surface area contributed by atoms with Crippen molar-refractivity contribution in [3.05, 3.63) is 0 Å². The number of hydrogen-bond donors (Lipinski definition) is 1. The van der Waals surface area contributed by atoms with Gasteiger partial charge in [-0.3, -0.25) is 0 Å². The Balaban J connectivity index is 1.68. The highest BCUT2D eigenvalue weighted by atomic mass is 19.3. The lowest BCUT2D eigenvalue weighted by Crippen LogP contribution is -2.45. The third-order valence-corrected chi connectivity index (χ3v) is 2.79. The number of halogens is 2. The van der Waals surface area contributed by atoms with Crippen LogP contribution < -0.4 is 5.32 Å². The summed E-state index contributed by atoms with van der Waals surface area (Å²) in [5.74, 6) is -2.17. The van der Waals surface area contributed by atoms with Gasteiger partial charge in [-0.25, -0.2) is 8.78 Å². The van der Waals surface area contributed by atoms with Crippen LogP contribution in [-0.2, 0) is 4.74 Å². The predicted molar refractivity (Wildman–Crippen MR) is 44.9 cm³/mol. The zero-order valence-electron chi connectivity index (χ0n) is 7.56. The Kier molecular flexibility index (Phi) is 2.51. The molecule has 0 amide bonds. The van der Waals surface area contributed by atoms with E-state index in [4.69, 9.17) is 4.74 Å². The number of morpholine rings is 1. The van der Waals surface area contributed by atoms with Gasteiger partial charge in [0.05, 0.1) is 13.2 Å². The molecule has 0 radical (unpaired) electrons. The predicted octanol–water partition coefficient (Wildman–Crippen LogP) is 1.41. The summed E-state index contributed by atoms with van der Waals surface area (Å²) in [6.45, 7) is 2.28. The van der Waals surface area contributed by atoms with Gasteiger partial charge in [0.15, 0.2) is 0 Å². The van der Waals surface area contributed by atoms with Crippen LogP contribution >= 0.6 is 0 Å². The van der Waals surface area contributed by atoms with Gasteiger partial charge < -0.3 is 10.1 Å². The average molecular weight is 191 g/mol. The Bertz CT molecular complexity index is 172. The fraction of sp³-hybridized carbons (Fsp3) is 1.00. The number of nitrogens with one attached hydrogen (secondary N) is 1. The van der Waals surface area contributed by atoms with Gasteiger partial charge in [-0.2, -0.15) is 0 Å². The molecule has 2 aliphatic rings. The number of alkyl halides is 2. The molecule has 2 nitrogen and oxygen atoms in total. The summed E-state index contributed by atoms with van der Waals surface area (Å²) >= 11 is 0. The Labute approximate surface area is 76.6 Å². The van der Waals surface area contributed by atoms with Crippen molar-refractivity contribution in [2.24, 2.45) is 5.92 Å². The zero-order chi connectivity index (χ0) is 9.31. The van der Waals surface area contributed by atoms with E-state index in [2.05, 4.69) is 5.32 Å². The van der Waals surface area contributed by atoms with E-state index in [-0.39, 0.29) is 18.8 Å². The fourth-order valence-corrected chi connectivity index (χ4v) is 2.13. The van der Waals surface area contributed by atoms with Crippen molar-refractivity contribution < 1.29 is 13.5 Å². The fourth-order valence-electron chi connectivity index (χ4n) is 2.13. The standard InChI is InChI=1S/C9H15F2NO/c10-9(11)4-7(5-9)3-8-6-13-2-1-12-8/h7-8,12H,1-6H2. The smallest absolute Gasteiger partial charge is 0.248 e. The van der Waals surface area contributed by atoms with Crippen LogP contribution in [0.3, 0.4) is 0 Å². The third kappa shape index (κ3) is 2.38. The summed E-state index contributed by atoms with van der Waals surface area (Å²) in [5, 5.41) is 3.28. The highest BCUT2D eigenvalue weighted by Gasteiger charge is 2.45. The molecule has 1 aliphatic carbocycles. The second-order valence-electron chi connectivity index (χ2n) is 4.09. The molecule has 1 aliphatic heterocycles. The van der Waals surface area contributed by atoms with Gasteiger partial charge in [-0.15, -0.1) is 0 Å². The van der Waals surface area contributed by atoms with Crippen molar-refractivity contribution in [3.8, 4) is 0 Å². The lowest BCUT2D eigenvalue weighted by molar-refractivity contribution is -0.116. The number of hydrogen-bond acceptors (Lipinski definition) is 2. The van der Waals surface area contributed by atoms with Crippen molar-refractivity contribution in [3.63, 3.8) is 0 Å².